The van der Waals surface area contributed by atoms with Gasteiger partial charge in [0.2, 0.25) is 0 Å². The maximum absolute atomic E-state index is 12.5. The van der Waals surface area contributed by atoms with E-state index in [4.69, 9.17) is 0 Å². The number of carbonyl (C=O) groups is 1. The monoisotopic (exact) mass is 348 g/mol. The Balaban J connectivity index is 2.05. The number of anilines is 1. The number of esters is 1. The summed E-state index contributed by atoms with van der Waals surface area (Å²) in [5.41, 5.74) is 0.740. The van der Waals surface area contributed by atoms with E-state index in [1.165, 1.54) is 25.8 Å². The van der Waals surface area contributed by atoms with E-state index < -0.39 is 21.1 Å². The van der Waals surface area contributed by atoms with E-state index in [-0.39, 0.29) is 17.0 Å². The minimum absolute atomic E-state index is 0.0864. The maximum Gasteiger partial charge on any atom is 0.340 e. The Morgan fingerprint density at radius 2 is 2.12 bits per heavy atom. The zero-order valence-electron chi connectivity index (χ0n) is 12.7. The van der Waals surface area contributed by atoms with Gasteiger partial charge in [0.05, 0.1) is 18.4 Å². The second-order valence-electron chi connectivity index (χ2n) is 4.74. The van der Waals surface area contributed by atoms with Crippen LogP contribution >= 0.6 is 0 Å². The first-order chi connectivity index (χ1) is 11.4. The summed E-state index contributed by atoms with van der Waals surface area (Å²) in [6, 6.07) is 4.74. The van der Waals surface area contributed by atoms with Crippen LogP contribution in [0.1, 0.15) is 15.9 Å². The Bertz CT molecular complexity index is 997. The predicted molar refractivity (Wildman–Crippen MR) is 81.9 cm³/mol. The summed E-state index contributed by atoms with van der Waals surface area (Å²) < 4.78 is 33.2. The fourth-order valence-electron chi connectivity index (χ4n) is 2.02. The van der Waals surface area contributed by atoms with Gasteiger partial charge in [-0.05, 0) is 18.6 Å². The summed E-state index contributed by atoms with van der Waals surface area (Å²) >= 11 is 0. The number of hydrogen-bond donors (Lipinski definition) is 1. The van der Waals surface area contributed by atoms with Crippen LogP contribution in [0, 0.1) is 6.92 Å². The van der Waals surface area contributed by atoms with Crippen LogP contribution in [0.4, 0.5) is 5.69 Å². The van der Waals surface area contributed by atoms with Crippen molar-refractivity contribution in [2.24, 2.45) is 0 Å². The van der Waals surface area contributed by atoms with Crippen molar-refractivity contribution >= 4 is 27.5 Å². The molecule has 0 aliphatic rings. The number of nitrogens with one attached hydrogen (secondary N) is 1. The van der Waals surface area contributed by atoms with Gasteiger partial charge in [0.25, 0.3) is 21.0 Å². The third kappa shape index (κ3) is 2.76. The number of aromatic nitrogens is 5. The third-order valence-electron chi connectivity index (χ3n) is 3.16. The van der Waals surface area contributed by atoms with Crippen molar-refractivity contribution in [3.63, 3.8) is 0 Å². The Morgan fingerprint density at radius 3 is 2.83 bits per heavy atom. The number of nitrogens with zero attached hydrogens (tertiary/aromatic N) is 5. The van der Waals surface area contributed by atoms with Crippen LogP contribution in [0.5, 0.6) is 0 Å². The Hall–Kier alpha value is -3.08. The number of methoxy groups -OCH3 is 1. The first kappa shape index (κ1) is 15.8. The zero-order chi connectivity index (χ0) is 17.3. The summed E-state index contributed by atoms with van der Waals surface area (Å²) in [6.45, 7) is 1.66. The van der Waals surface area contributed by atoms with E-state index in [1.807, 2.05) is 0 Å². The molecule has 0 saturated carbocycles. The van der Waals surface area contributed by atoms with Gasteiger partial charge in [-0.2, -0.15) is 22.9 Å². The lowest BCUT2D eigenvalue weighted by Gasteiger charge is -2.12. The number of hydrogen-bond acceptors (Lipinski definition) is 8. The lowest BCUT2D eigenvalue weighted by Crippen LogP contribution is -2.18. The first-order valence-electron chi connectivity index (χ1n) is 6.65. The van der Waals surface area contributed by atoms with Crippen LogP contribution in [0.25, 0.3) is 5.78 Å². The molecule has 2 heterocycles. The van der Waals surface area contributed by atoms with E-state index in [2.05, 4.69) is 29.5 Å². The molecule has 2 aromatic heterocycles. The average molecular weight is 348 g/mol. The van der Waals surface area contributed by atoms with E-state index >= 15 is 0 Å². The quantitative estimate of drug-likeness (QED) is 0.672. The van der Waals surface area contributed by atoms with Gasteiger partial charge in [-0.25, -0.2) is 9.78 Å². The van der Waals surface area contributed by atoms with Crippen molar-refractivity contribution in [1.29, 1.82) is 0 Å². The van der Waals surface area contributed by atoms with E-state index in [0.29, 0.717) is 5.56 Å². The van der Waals surface area contributed by atoms with Gasteiger partial charge in [0.1, 0.15) is 12.7 Å². The number of rotatable bonds is 4. The molecule has 24 heavy (non-hydrogen) atoms. The number of benzene rings is 1. The molecule has 0 amide bonds. The fraction of sp³-hybridized carbons (Fsp3) is 0.154. The molecule has 3 aromatic rings. The molecule has 0 saturated heterocycles. The Labute approximate surface area is 136 Å². The number of sulfonamides is 1. The molecule has 124 valence electrons. The molecular weight excluding hydrogens is 336 g/mol. The first-order valence-corrected chi connectivity index (χ1v) is 8.14. The molecule has 0 radical (unpaired) electrons. The van der Waals surface area contributed by atoms with Crippen LogP contribution in [-0.2, 0) is 14.8 Å². The van der Waals surface area contributed by atoms with Gasteiger partial charge in [0, 0.05) is 0 Å². The van der Waals surface area contributed by atoms with E-state index in [0.717, 1.165) is 4.52 Å². The molecule has 11 heteroatoms. The maximum atomic E-state index is 12.5. The summed E-state index contributed by atoms with van der Waals surface area (Å²) in [5, 5.41) is 3.33. The number of ether oxygens (including phenoxy) is 1. The van der Waals surface area contributed by atoms with Crippen LogP contribution in [0.15, 0.2) is 36.0 Å². The van der Waals surface area contributed by atoms with Crippen molar-refractivity contribution < 1.29 is 17.9 Å². The molecule has 1 N–H and O–H groups in total. The van der Waals surface area contributed by atoms with Gasteiger partial charge in [-0.1, -0.05) is 12.1 Å². The summed E-state index contributed by atoms with van der Waals surface area (Å²) in [7, 11) is -2.92. The Morgan fingerprint density at radius 1 is 1.33 bits per heavy atom. The van der Waals surface area contributed by atoms with E-state index in [1.54, 1.807) is 19.1 Å². The minimum Gasteiger partial charge on any atom is -0.465 e. The Kier molecular flexibility index (Phi) is 3.85. The van der Waals surface area contributed by atoms with Gasteiger partial charge < -0.3 is 4.74 Å². The van der Waals surface area contributed by atoms with Gasteiger partial charge >= 0.3 is 5.97 Å². The SMILES string of the molecule is COC(=O)c1cccc(C)c1NS(=O)(=O)c1nc2ncncn2n1. The molecule has 0 bridgehead atoms. The van der Waals surface area contributed by atoms with Crippen LogP contribution in [-0.4, -0.2) is 46.1 Å². The molecule has 3 rings (SSSR count). The molecular formula is C13H12N6O4S. The smallest absolute Gasteiger partial charge is 0.340 e. The van der Waals surface area contributed by atoms with Gasteiger partial charge in [-0.3, -0.25) is 4.72 Å². The highest BCUT2D eigenvalue weighted by molar-refractivity contribution is 7.92. The summed E-state index contributed by atoms with van der Waals surface area (Å²) in [5.74, 6) is -0.575. The molecule has 0 aliphatic carbocycles. The third-order valence-corrected chi connectivity index (χ3v) is 4.29. The van der Waals surface area contributed by atoms with Gasteiger partial charge in [0.15, 0.2) is 0 Å². The lowest BCUT2D eigenvalue weighted by molar-refractivity contribution is 0.0602. The average Bonchev–Trinajstić information content (AvgIpc) is 3.01. The van der Waals surface area contributed by atoms with Crippen molar-refractivity contribution in [3.8, 4) is 0 Å². The number of carbonyl (C=O) groups excluding carboxylic acids is 1. The number of aryl methyl sites for hydroxylation is 1. The second kappa shape index (κ2) is 5.85. The summed E-state index contributed by atoms with van der Waals surface area (Å²) in [6.07, 6.45) is 2.51. The lowest BCUT2D eigenvalue weighted by atomic mass is 10.1. The summed E-state index contributed by atoms with van der Waals surface area (Å²) in [4.78, 5) is 23.2. The van der Waals surface area contributed by atoms with Crippen LogP contribution in [0.2, 0.25) is 0 Å². The van der Waals surface area contributed by atoms with Crippen molar-refractivity contribution in [2.75, 3.05) is 11.8 Å². The molecule has 1 aromatic carbocycles. The predicted octanol–water partition coefficient (Wildman–Crippen LogP) is 0.415. The van der Waals surface area contributed by atoms with Crippen LogP contribution < -0.4 is 4.72 Å². The topological polar surface area (TPSA) is 128 Å². The highest BCUT2D eigenvalue weighted by Crippen LogP contribution is 2.24. The van der Waals surface area contributed by atoms with Crippen molar-refractivity contribution in [3.05, 3.63) is 42.0 Å². The van der Waals surface area contributed by atoms with E-state index in [9.17, 15) is 13.2 Å². The molecule has 0 fully saturated rings. The largest absolute Gasteiger partial charge is 0.465 e. The van der Waals surface area contributed by atoms with Crippen molar-refractivity contribution in [2.45, 2.75) is 12.1 Å². The van der Waals surface area contributed by atoms with Crippen molar-refractivity contribution in [1.82, 2.24) is 24.6 Å². The van der Waals surface area contributed by atoms with Crippen LogP contribution in [0.3, 0.4) is 0 Å². The highest BCUT2D eigenvalue weighted by Gasteiger charge is 2.24. The standard InChI is InChI=1S/C13H12N6O4S/c1-8-4-3-5-9(11(20)23-2)10(8)18-24(21,22)13-16-12-15-6-14-7-19(12)17-13/h3-7,18H,1-2H3. The number of para-hydroxylation sites is 1. The minimum atomic E-state index is -4.13. The molecule has 0 unspecified atom stereocenters. The normalized spacial score (nSPS) is 11.4. The fourth-order valence-corrected chi connectivity index (χ4v) is 3.04. The molecule has 10 nitrogen and oxygen atoms in total. The molecule has 0 atom stereocenters. The second-order valence-corrected chi connectivity index (χ2v) is 6.32. The molecule has 0 aliphatic heterocycles. The highest BCUT2D eigenvalue weighted by atomic mass is 32.2. The van der Waals surface area contributed by atoms with Gasteiger partial charge in [-0.15, -0.1) is 5.10 Å². The number of fused-ring (bicyclic) bond motifs is 1. The zero-order valence-corrected chi connectivity index (χ0v) is 13.5. The molecule has 0 spiro atoms.